The number of amides is 3. The van der Waals surface area contributed by atoms with Gasteiger partial charge in [0.1, 0.15) is 11.6 Å². The average molecular weight is 689 g/mol. The standard InChI is InChI=1S/C33H45FN6O7S/c1-22-17-40(23(2)20-41)32(42)28-16-27(37-48(44,45)31-19-38(4)21-35-31)13-14-29(28)47-24(3)8-6-7-15-46-30(22)18-39(5)33(43)36-26-11-9-25(34)10-12-26/h9-14,16,19,21-24,30,37,41H,6-8,15,17-18,20H2,1-5H3,(H,36,43)/t22-,23+,24-,30-/m0/s1. The minimum absolute atomic E-state index is 0.126. The smallest absolute Gasteiger partial charge is 0.321 e. The first-order valence-electron chi connectivity index (χ1n) is 15.9. The number of hydrogen-bond donors (Lipinski definition) is 3. The van der Waals surface area contributed by atoms with Gasteiger partial charge in [-0.25, -0.2) is 14.2 Å². The van der Waals surface area contributed by atoms with Crippen LogP contribution in [0.2, 0.25) is 0 Å². The molecule has 1 aliphatic rings. The van der Waals surface area contributed by atoms with E-state index in [1.807, 2.05) is 13.8 Å². The molecule has 3 N–H and O–H groups in total. The largest absolute Gasteiger partial charge is 0.490 e. The van der Waals surface area contributed by atoms with Gasteiger partial charge in [-0.3, -0.25) is 9.52 Å². The fraction of sp³-hybridized carbons (Fsp3) is 0.485. The molecule has 3 aromatic rings. The quantitative estimate of drug-likeness (QED) is 0.316. The molecule has 0 unspecified atom stereocenters. The van der Waals surface area contributed by atoms with Crippen molar-refractivity contribution in [3.05, 3.63) is 66.4 Å². The summed E-state index contributed by atoms with van der Waals surface area (Å²) in [5.74, 6) is -0.896. The molecule has 262 valence electrons. The van der Waals surface area contributed by atoms with E-state index in [9.17, 15) is 27.5 Å². The Labute approximate surface area is 281 Å². The van der Waals surface area contributed by atoms with Crippen LogP contribution in [0.3, 0.4) is 0 Å². The van der Waals surface area contributed by atoms with Gasteiger partial charge in [-0.1, -0.05) is 6.92 Å². The van der Waals surface area contributed by atoms with Gasteiger partial charge >= 0.3 is 6.03 Å². The molecule has 3 amide bonds. The number of fused-ring (bicyclic) bond motifs is 1. The third-order valence-electron chi connectivity index (χ3n) is 8.16. The SMILES string of the molecule is C[C@H](CO)N1C[C@H](C)[C@H](CN(C)C(=O)Nc2ccc(F)cc2)OCCCC[C@H](C)Oc2ccc(NS(=O)(=O)c3cn(C)cn3)cc2C1=O. The van der Waals surface area contributed by atoms with Crippen molar-refractivity contribution in [1.82, 2.24) is 19.4 Å². The van der Waals surface area contributed by atoms with Crippen molar-refractivity contribution in [3.63, 3.8) is 0 Å². The van der Waals surface area contributed by atoms with Gasteiger partial charge in [-0.2, -0.15) is 8.42 Å². The maximum absolute atomic E-state index is 14.3. The van der Waals surface area contributed by atoms with Crippen LogP contribution in [-0.2, 0) is 21.8 Å². The second-order valence-electron chi connectivity index (χ2n) is 12.3. The highest BCUT2D eigenvalue weighted by Gasteiger charge is 2.31. The molecule has 0 spiro atoms. The molecule has 4 atom stereocenters. The van der Waals surface area contributed by atoms with E-state index in [1.165, 1.54) is 63.3 Å². The van der Waals surface area contributed by atoms with E-state index in [4.69, 9.17) is 9.47 Å². The lowest BCUT2D eigenvalue weighted by Gasteiger charge is -2.35. The number of anilines is 2. The first kappa shape index (κ1) is 36.6. The Morgan fingerprint density at radius 1 is 1.17 bits per heavy atom. The highest BCUT2D eigenvalue weighted by molar-refractivity contribution is 7.92. The van der Waals surface area contributed by atoms with Gasteiger partial charge in [-0.05, 0) is 75.6 Å². The van der Waals surface area contributed by atoms with Gasteiger partial charge in [0.2, 0.25) is 0 Å². The number of aromatic nitrogens is 2. The van der Waals surface area contributed by atoms with Crippen molar-refractivity contribution in [1.29, 1.82) is 0 Å². The molecule has 1 aromatic heterocycles. The molecule has 4 rings (SSSR count). The molecule has 13 nitrogen and oxygen atoms in total. The Morgan fingerprint density at radius 3 is 2.54 bits per heavy atom. The molecular weight excluding hydrogens is 643 g/mol. The molecule has 0 saturated heterocycles. The van der Waals surface area contributed by atoms with Crippen LogP contribution in [-0.4, -0.2) is 96.4 Å². The normalized spacial score (nSPS) is 20.2. The van der Waals surface area contributed by atoms with Gasteiger partial charge in [0.05, 0.1) is 36.7 Å². The van der Waals surface area contributed by atoms with Crippen LogP contribution in [0.4, 0.5) is 20.6 Å². The predicted molar refractivity (Wildman–Crippen MR) is 179 cm³/mol. The van der Waals surface area contributed by atoms with Gasteiger partial charge in [0.15, 0.2) is 5.03 Å². The van der Waals surface area contributed by atoms with E-state index < -0.39 is 39.9 Å². The zero-order valence-corrected chi connectivity index (χ0v) is 28.7. The molecule has 0 aliphatic carbocycles. The Balaban J connectivity index is 1.62. The molecule has 0 radical (unpaired) electrons. The molecule has 0 fully saturated rings. The Hall–Kier alpha value is -4.21. The monoisotopic (exact) mass is 688 g/mol. The van der Waals surface area contributed by atoms with Crippen LogP contribution in [0.15, 0.2) is 60.0 Å². The summed E-state index contributed by atoms with van der Waals surface area (Å²) < 4.78 is 56.0. The molecule has 2 aromatic carbocycles. The highest BCUT2D eigenvalue weighted by Crippen LogP contribution is 2.29. The molecule has 2 heterocycles. The summed E-state index contributed by atoms with van der Waals surface area (Å²) in [5.41, 5.74) is 0.712. The molecule has 0 bridgehead atoms. The summed E-state index contributed by atoms with van der Waals surface area (Å²) in [6.07, 6.45) is 4.17. The number of urea groups is 1. The third kappa shape index (κ3) is 9.67. The maximum atomic E-state index is 14.3. The van der Waals surface area contributed by atoms with Gasteiger partial charge in [0, 0.05) is 57.3 Å². The number of imidazole rings is 1. The predicted octanol–water partition coefficient (Wildman–Crippen LogP) is 4.32. The van der Waals surface area contributed by atoms with E-state index in [0.29, 0.717) is 18.7 Å². The number of carbonyl (C=O) groups excluding carboxylic acids is 2. The topological polar surface area (TPSA) is 155 Å². The summed E-state index contributed by atoms with van der Waals surface area (Å²) in [4.78, 5) is 34.2. The van der Waals surface area contributed by atoms with E-state index >= 15 is 0 Å². The summed E-state index contributed by atoms with van der Waals surface area (Å²) in [6, 6.07) is 8.96. The number of nitrogens with one attached hydrogen (secondary N) is 2. The summed E-state index contributed by atoms with van der Waals surface area (Å²) in [6.45, 7) is 5.95. The minimum atomic E-state index is -4.05. The Bertz CT molecular complexity index is 1650. The lowest BCUT2D eigenvalue weighted by atomic mass is 10.0. The molecule has 0 saturated carbocycles. The third-order valence-corrected chi connectivity index (χ3v) is 9.42. The number of aryl methyl sites for hydroxylation is 1. The lowest BCUT2D eigenvalue weighted by Crippen LogP contribution is -2.48. The number of rotatable bonds is 8. The summed E-state index contributed by atoms with van der Waals surface area (Å²) >= 11 is 0. The summed E-state index contributed by atoms with van der Waals surface area (Å²) in [5, 5.41) is 12.8. The second-order valence-corrected chi connectivity index (χ2v) is 13.9. The van der Waals surface area contributed by atoms with Crippen LogP contribution >= 0.6 is 0 Å². The fourth-order valence-corrected chi connectivity index (χ4v) is 6.32. The number of aliphatic hydroxyl groups is 1. The van der Waals surface area contributed by atoms with E-state index in [1.54, 1.807) is 27.1 Å². The van der Waals surface area contributed by atoms with Crippen LogP contribution in [0.5, 0.6) is 5.75 Å². The molecule has 1 aliphatic heterocycles. The van der Waals surface area contributed by atoms with Crippen molar-refractivity contribution >= 4 is 33.3 Å². The number of likely N-dealkylation sites (N-methyl/N-ethyl adjacent to an activating group) is 1. The number of hydrogen-bond acceptors (Lipinski definition) is 8. The number of nitrogens with zero attached hydrogens (tertiary/aromatic N) is 4. The Morgan fingerprint density at radius 2 is 1.88 bits per heavy atom. The lowest BCUT2D eigenvalue weighted by molar-refractivity contribution is -0.0115. The maximum Gasteiger partial charge on any atom is 0.321 e. The van der Waals surface area contributed by atoms with Gasteiger partial charge < -0.3 is 34.3 Å². The number of benzene rings is 2. The first-order valence-corrected chi connectivity index (χ1v) is 17.4. The minimum Gasteiger partial charge on any atom is -0.490 e. The van der Waals surface area contributed by atoms with Crippen molar-refractivity contribution < 1.29 is 37.0 Å². The zero-order valence-electron chi connectivity index (χ0n) is 27.9. The van der Waals surface area contributed by atoms with Crippen LogP contribution in [0.25, 0.3) is 0 Å². The number of aliphatic hydroxyl groups excluding tert-OH is 1. The second kappa shape index (κ2) is 16.3. The van der Waals surface area contributed by atoms with E-state index in [-0.39, 0.29) is 53.7 Å². The number of halogens is 1. The van der Waals surface area contributed by atoms with Crippen molar-refractivity contribution in [2.45, 2.75) is 63.3 Å². The number of carbonyl (C=O) groups is 2. The van der Waals surface area contributed by atoms with Crippen LogP contribution < -0.4 is 14.8 Å². The zero-order chi connectivity index (χ0) is 35.0. The van der Waals surface area contributed by atoms with E-state index in [0.717, 1.165) is 12.8 Å². The van der Waals surface area contributed by atoms with Gasteiger partial charge in [-0.15, -0.1) is 0 Å². The average Bonchev–Trinajstić information content (AvgIpc) is 3.50. The van der Waals surface area contributed by atoms with E-state index in [2.05, 4.69) is 15.0 Å². The molecule has 48 heavy (non-hydrogen) atoms. The molecular formula is C33H45FN6O7S. The summed E-state index contributed by atoms with van der Waals surface area (Å²) in [7, 11) is -0.762. The fourth-order valence-electron chi connectivity index (χ4n) is 5.29. The van der Waals surface area contributed by atoms with Crippen LogP contribution in [0.1, 0.15) is 50.4 Å². The van der Waals surface area contributed by atoms with Crippen molar-refractivity contribution in [2.75, 3.05) is 43.4 Å². The van der Waals surface area contributed by atoms with Gasteiger partial charge in [0.25, 0.3) is 15.9 Å². The number of sulfonamides is 1. The highest BCUT2D eigenvalue weighted by atomic mass is 32.2. The molecule has 15 heteroatoms. The Kier molecular flexibility index (Phi) is 12.4. The number of ether oxygens (including phenoxy) is 2. The van der Waals surface area contributed by atoms with Crippen LogP contribution in [0, 0.1) is 11.7 Å². The van der Waals surface area contributed by atoms with Crippen molar-refractivity contribution in [3.8, 4) is 5.75 Å². The first-order chi connectivity index (χ1) is 22.8. The van der Waals surface area contributed by atoms with Crippen molar-refractivity contribution in [2.24, 2.45) is 13.0 Å².